The molecule has 188 valence electrons. The van der Waals surface area contributed by atoms with Gasteiger partial charge in [0.1, 0.15) is 42.8 Å². The predicted octanol–water partition coefficient (Wildman–Crippen LogP) is 0.279. The smallest absolute Gasteiger partial charge is 0.380 e. The van der Waals surface area contributed by atoms with Crippen molar-refractivity contribution in [3.05, 3.63) is 51.3 Å². The molecule has 2 fully saturated rings. The maximum absolute atomic E-state index is 13.2. The molecule has 0 saturated carbocycles. The summed E-state index contributed by atoms with van der Waals surface area (Å²) in [4.78, 5) is 37.4. The molecule has 6 rings (SSSR count). The average molecular weight is 581 g/mol. The van der Waals surface area contributed by atoms with Crippen LogP contribution < -0.4 is 21.4 Å². The zero-order chi connectivity index (χ0) is 25.2. The molecule has 0 spiro atoms. The monoisotopic (exact) mass is 580 g/mol. The first-order chi connectivity index (χ1) is 17.2. The third kappa shape index (κ3) is 3.93. The molecule has 5 heterocycles. The standard InChI is InChI=1S/C20H17BrN5O9P/c21-10-2-9-8(1-14(28)33-12(9)3-11(10)27)4-31-36(30)32-5-13-17(35-36)16(29)20(34-13)26-7-25-15-18(22)23-6-24-19(15)26/h1-3,6-7,13,16-17,20,27,29H,4-5H2,(H2,22,23,24)/p-1/t13-,16-,17-,20-,36?/m1/s1. The Balaban J connectivity index is 1.22. The molecular formula is C20H16BrN5O9P-. The minimum absolute atomic E-state index is 0.0533. The number of halogens is 1. The van der Waals surface area contributed by atoms with Gasteiger partial charge in [0.25, 0.3) is 0 Å². The minimum atomic E-state index is -4.18. The van der Waals surface area contributed by atoms with Gasteiger partial charge in [-0.3, -0.25) is 4.57 Å². The predicted molar refractivity (Wildman–Crippen MR) is 122 cm³/mol. The summed E-state index contributed by atoms with van der Waals surface area (Å²) in [5.74, 6) is -0.201. The molecular weight excluding hydrogens is 565 g/mol. The van der Waals surface area contributed by atoms with Gasteiger partial charge in [-0.05, 0) is 12.1 Å². The van der Waals surface area contributed by atoms with Crippen LogP contribution in [0.3, 0.4) is 0 Å². The Bertz CT molecular complexity index is 1550. The van der Waals surface area contributed by atoms with Crippen molar-refractivity contribution in [1.82, 2.24) is 19.5 Å². The van der Waals surface area contributed by atoms with E-state index in [2.05, 4.69) is 30.9 Å². The van der Waals surface area contributed by atoms with Crippen LogP contribution in [0.5, 0.6) is 5.75 Å². The Morgan fingerprint density at radius 3 is 2.97 bits per heavy atom. The Morgan fingerprint density at radius 1 is 1.31 bits per heavy atom. The van der Waals surface area contributed by atoms with Crippen LogP contribution in [-0.4, -0.2) is 49.5 Å². The third-order valence-corrected chi connectivity index (χ3v) is 7.91. The molecule has 0 bridgehead atoms. The maximum Gasteiger partial charge on any atom is 0.380 e. The molecule has 16 heteroatoms. The number of anilines is 1. The number of phosphoric acid groups is 1. The zero-order valence-electron chi connectivity index (χ0n) is 18.0. The molecule has 3 aromatic heterocycles. The molecule has 0 aliphatic carbocycles. The van der Waals surface area contributed by atoms with Crippen LogP contribution in [0.2, 0.25) is 0 Å². The Kier molecular flexibility index (Phi) is 5.70. The third-order valence-electron chi connectivity index (χ3n) is 5.88. The van der Waals surface area contributed by atoms with Gasteiger partial charge < -0.3 is 30.0 Å². The van der Waals surface area contributed by atoms with Crippen LogP contribution >= 0.6 is 24.1 Å². The van der Waals surface area contributed by atoms with Crippen LogP contribution in [0.4, 0.5) is 5.82 Å². The molecule has 36 heavy (non-hydrogen) atoms. The van der Waals surface area contributed by atoms with Crippen LogP contribution in [0.15, 0.2) is 44.5 Å². The van der Waals surface area contributed by atoms with E-state index in [0.29, 0.717) is 22.1 Å². The van der Waals surface area contributed by atoms with Gasteiger partial charge in [-0.25, -0.2) is 19.7 Å². The average Bonchev–Trinajstić information content (AvgIpc) is 3.40. The normalized spacial score (nSPS) is 28.1. The summed E-state index contributed by atoms with van der Waals surface area (Å²) in [5, 5.41) is 23.2. The Labute approximate surface area is 210 Å². The fourth-order valence-electron chi connectivity index (χ4n) is 4.18. The lowest BCUT2D eigenvalue weighted by atomic mass is 10.1. The summed E-state index contributed by atoms with van der Waals surface area (Å²) in [6.07, 6.45) is -1.41. The SMILES string of the molecule is Nc1ncnc2c1ncn2[C@@H]1O[C@@H]2CO[P+]([O-])(OCc3cc(=O)oc4cc([O-])c(Br)cc34)O[C@H]2[C@H]1O. The van der Waals surface area contributed by atoms with Gasteiger partial charge in [0, 0.05) is 21.5 Å². The van der Waals surface area contributed by atoms with E-state index < -0.39 is 38.3 Å². The quantitative estimate of drug-likeness (QED) is 0.246. The van der Waals surface area contributed by atoms with Crippen molar-refractivity contribution in [2.45, 2.75) is 31.1 Å². The Hall–Kier alpha value is -2.75. The number of hydrogen-bond acceptors (Lipinski definition) is 13. The van der Waals surface area contributed by atoms with Gasteiger partial charge in [-0.15, -0.1) is 0 Å². The zero-order valence-corrected chi connectivity index (χ0v) is 20.5. The molecule has 5 atom stereocenters. The first-order valence-corrected chi connectivity index (χ1v) is 12.7. The lowest BCUT2D eigenvalue weighted by Crippen LogP contribution is -2.43. The number of nitrogens with zero attached hydrogens (tertiary/aromatic N) is 4. The topological polar surface area (TPSA) is 203 Å². The number of fused-ring (bicyclic) bond motifs is 3. The molecule has 3 N–H and O–H groups in total. The number of rotatable bonds is 4. The molecule has 1 aromatic carbocycles. The fourth-order valence-corrected chi connectivity index (χ4v) is 5.90. The van der Waals surface area contributed by atoms with Crippen molar-refractivity contribution in [2.75, 3.05) is 12.3 Å². The highest BCUT2D eigenvalue weighted by Crippen LogP contribution is 2.60. The van der Waals surface area contributed by atoms with Gasteiger partial charge in [0.05, 0.1) is 6.33 Å². The number of aromatic nitrogens is 4. The summed E-state index contributed by atoms with van der Waals surface area (Å²) in [7, 11) is -4.18. The second-order valence-corrected chi connectivity index (χ2v) is 10.6. The lowest BCUT2D eigenvalue weighted by Gasteiger charge is -2.34. The Morgan fingerprint density at radius 2 is 2.14 bits per heavy atom. The van der Waals surface area contributed by atoms with Crippen LogP contribution in [-0.2, 0) is 24.9 Å². The van der Waals surface area contributed by atoms with E-state index in [1.165, 1.54) is 23.3 Å². The summed E-state index contributed by atoms with van der Waals surface area (Å²) < 4.78 is 29.1. The number of nitrogen functional groups attached to an aromatic ring is 1. The first kappa shape index (κ1) is 23.6. The summed E-state index contributed by atoms with van der Waals surface area (Å²) >= 11 is 3.15. The van der Waals surface area contributed by atoms with E-state index in [1.807, 2.05) is 0 Å². The van der Waals surface area contributed by atoms with Crippen molar-refractivity contribution in [2.24, 2.45) is 0 Å². The van der Waals surface area contributed by atoms with Gasteiger partial charge in [0.2, 0.25) is 0 Å². The number of aliphatic hydroxyl groups excluding tert-OH is 1. The number of hydrogen-bond donors (Lipinski definition) is 2. The fraction of sp³-hybridized carbons (Fsp3) is 0.300. The van der Waals surface area contributed by atoms with E-state index in [0.717, 1.165) is 12.1 Å². The number of ether oxygens (including phenoxy) is 1. The lowest BCUT2D eigenvalue weighted by molar-refractivity contribution is -0.271. The van der Waals surface area contributed by atoms with Gasteiger partial charge in [-0.2, -0.15) is 13.6 Å². The summed E-state index contributed by atoms with van der Waals surface area (Å²) in [5.41, 5.74) is 6.14. The largest absolute Gasteiger partial charge is 0.872 e. The van der Waals surface area contributed by atoms with Crippen molar-refractivity contribution in [1.29, 1.82) is 0 Å². The van der Waals surface area contributed by atoms with Crippen molar-refractivity contribution >= 4 is 52.1 Å². The molecule has 14 nitrogen and oxygen atoms in total. The van der Waals surface area contributed by atoms with Gasteiger partial charge in [0.15, 0.2) is 23.8 Å². The highest BCUT2D eigenvalue weighted by Gasteiger charge is 2.56. The van der Waals surface area contributed by atoms with E-state index >= 15 is 0 Å². The van der Waals surface area contributed by atoms with Crippen LogP contribution in [0.1, 0.15) is 11.8 Å². The van der Waals surface area contributed by atoms with E-state index in [-0.39, 0.29) is 34.8 Å². The molecule has 1 unspecified atom stereocenters. The van der Waals surface area contributed by atoms with E-state index in [1.54, 1.807) is 0 Å². The van der Waals surface area contributed by atoms with E-state index in [9.17, 15) is 19.9 Å². The number of nitrogens with two attached hydrogens (primary N) is 1. The van der Waals surface area contributed by atoms with Crippen LogP contribution in [0.25, 0.3) is 22.1 Å². The first-order valence-electron chi connectivity index (χ1n) is 10.5. The van der Waals surface area contributed by atoms with Crippen LogP contribution in [0, 0.1) is 0 Å². The van der Waals surface area contributed by atoms with Gasteiger partial charge in [-0.1, -0.05) is 21.7 Å². The highest BCUT2D eigenvalue weighted by molar-refractivity contribution is 9.10. The second kappa shape index (κ2) is 8.68. The summed E-state index contributed by atoms with van der Waals surface area (Å²) in [6.45, 7) is -0.549. The number of imidazole rings is 1. The van der Waals surface area contributed by atoms with Crippen molar-refractivity contribution < 1.29 is 37.8 Å². The molecule has 2 aliphatic heterocycles. The highest BCUT2D eigenvalue weighted by atomic mass is 79.9. The minimum Gasteiger partial charge on any atom is -0.872 e. The maximum atomic E-state index is 13.2. The molecule has 0 amide bonds. The molecule has 2 saturated heterocycles. The summed E-state index contributed by atoms with van der Waals surface area (Å²) in [6, 6.07) is 3.79. The van der Waals surface area contributed by atoms with Gasteiger partial charge >= 0.3 is 13.8 Å². The molecule has 0 radical (unpaired) electrons. The molecule has 2 aliphatic rings. The number of phosphoric ester groups is 1. The second-order valence-electron chi connectivity index (χ2n) is 8.09. The van der Waals surface area contributed by atoms with E-state index in [4.69, 9.17) is 28.5 Å². The molecule has 4 aromatic rings. The van der Waals surface area contributed by atoms with Crippen molar-refractivity contribution in [3.8, 4) is 5.75 Å². The number of benzene rings is 1. The number of aliphatic hydroxyl groups is 1. The van der Waals surface area contributed by atoms with Crippen molar-refractivity contribution in [3.63, 3.8) is 0 Å².